The number of rotatable bonds is 15. The largest absolute Gasteiger partial charge is 0.480 e. The Morgan fingerprint density at radius 2 is 1.63 bits per heavy atom. The second-order valence-electron chi connectivity index (χ2n) is 6.95. The van der Waals surface area contributed by atoms with Crippen molar-refractivity contribution < 1.29 is 34.2 Å². The first-order chi connectivity index (χ1) is 14.0. The summed E-state index contributed by atoms with van der Waals surface area (Å²) >= 11 is 0. The SMILES string of the molecule is CCCC(=O)N[C@@H](CCCCN)C(=O)N[C@@H](C)C(=O)N[C@H](C(=O)O)C(O)CC(N)=O. The summed E-state index contributed by atoms with van der Waals surface area (Å²) in [6.07, 6.45) is 0.0146. The van der Waals surface area contributed by atoms with Gasteiger partial charge in [0.25, 0.3) is 0 Å². The van der Waals surface area contributed by atoms with Gasteiger partial charge in [-0.1, -0.05) is 6.92 Å². The number of carbonyl (C=O) groups is 5. The lowest BCUT2D eigenvalue weighted by molar-refractivity contribution is -0.146. The zero-order valence-corrected chi connectivity index (χ0v) is 17.3. The van der Waals surface area contributed by atoms with Gasteiger partial charge in [-0.15, -0.1) is 0 Å². The molecular formula is C18H33N5O7. The predicted octanol–water partition coefficient (Wildman–Crippen LogP) is -2.29. The topological polar surface area (TPSA) is 214 Å². The molecule has 0 heterocycles. The summed E-state index contributed by atoms with van der Waals surface area (Å²) < 4.78 is 0. The molecule has 0 saturated carbocycles. The Balaban J connectivity index is 5.02. The van der Waals surface area contributed by atoms with E-state index < -0.39 is 54.3 Å². The molecule has 12 heteroatoms. The van der Waals surface area contributed by atoms with Crippen molar-refractivity contribution in [1.29, 1.82) is 0 Å². The van der Waals surface area contributed by atoms with E-state index in [1.165, 1.54) is 6.92 Å². The number of aliphatic hydroxyl groups is 1. The molecule has 0 radical (unpaired) electrons. The summed E-state index contributed by atoms with van der Waals surface area (Å²) in [7, 11) is 0. The highest BCUT2D eigenvalue weighted by molar-refractivity contribution is 5.93. The second kappa shape index (κ2) is 14.3. The fourth-order valence-electron chi connectivity index (χ4n) is 2.56. The Hall–Kier alpha value is -2.73. The Morgan fingerprint density at radius 1 is 1.00 bits per heavy atom. The molecule has 0 aromatic heterocycles. The first kappa shape index (κ1) is 27.3. The standard InChI is InChI=1S/C18H33N5O7/c1-3-6-14(26)22-11(7-4-5-8-19)17(28)21-10(2)16(27)23-15(18(29)30)12(24)9-13(20)25/h10-12,15,24H,3-9,19H2,1-2H3,(H2,20,25)(H,21,28)(H,22,26)(H,23,27)(H,29,30)/t10-,11-,12?,15-/m0/s1. The van der Waals surface area contributed by atoms with Gasteiger partial charge in [0.1, 0.15) is 12.1 Å². The highest BCUT2D eigenvalue weighted by atomic mass is 16.4. The third-order valence-corrected chi connectivity index (χ3v) is 4.19. The summed E-state index contributed by atoms with van der Waals surface area (Å²) in [6, 6.07) is -3.82. The summed E-state index contributed by atoms with van der Waals surface area (Å²) in [5.74, 6) is -4.30. The molecule has 172 valence electrons. The lowest BCUT2D eigenvalue weighted by Gasteiger charge is -2.24. The van der Waals surface area contributed by atoms with Crippen molar-refractivity contribution in [2.75, 3.05) is 6.54 Å². The van der Waals surface area contributed by atoms with Gasteiger partial charge < -0.3 is 37.6 Å². The molecule has 0 aromatic rings. The average molecular weight is 431 g/mol. The van der Waals surface area contributed by atoms with Crippen molar-refractivity contribution >= 4 is 29.6 Å². The highest BCUT2D eigenvalue weighted by Gasteiger charge is 2.32. The van der Waals surface area contributed by atoms with Crippen molar-refractivity contribution in [3.63, 3.8) is 0 Å². The van der Waals surface area contributed by atoms with E-state index in [9.17, 15) is 29.1 Å². The van der Waals surface area contributed by atoms with Gasteiger partial charge in [-0.05, 0) is 39.2 Å². The first-order valence-electron chi connectivity index (χ1n) is 9.82. The Labute approximate surface area is 175 Å². The monoisotopic (exact) mass is 431 g/mol. The van der Waals surface area contributed by atoms with Crippen LogP contribution in [0.4, 0.5) is 0 Å². The molecule has 30 heavy (non-hydrogen) atoms. The minimum absolute atomic E-state index is 0.245. The predicted molar refractivity (Wildman–Crippen MR) is 107 cm³/mol. The van der Waals surface area contributed by atoms with E-state index in [-0.39, 0.29) is 12.3 Å². The van der Waals surface area contributed by atoms with Gasteiger partial charge in [-0.25, -0.2) is 4.79 Å². The van der Waals surface area contributed by atoms with Crippen LogP contribution in [0, 0.1) is 0 Å². The van der Waals surface area contributed by atoms with E-state index in [0.717, 1.165) is 0 Å². The highest BCUT2D eigenvalue weighted by Crippen LogP contribution is 2.04. The molecule has 0 saturated heterocycles. The van der Waals surface area contributed by atoms with E-state index in [1.54, 1.807) is 0 Å². The third kappa shape index (κ3) is 10.7. The van der Waals surface area contributed by atoms with Gasteiger partial charge in [0.15, 0.2) is 6.04 Å². The van der Waals surface area contributed by atoms with Gasteiger partial charge >= 0.3 is 5.97 Å². The molecule has 0 aliphatic heterocycles. The number of aliphatic carboxylic acids is 1. The van der Waals surface area contributed by atoms with Crippen LogP contribution in [0.2, 0.25) is 0 Å². The number of aliphatic hydroxyl groups excluding tert-OH is 1. The van der Waals surface area contributed by atoms with Gasteiger partial charge in [0.05, 0.1) is 12.5 Å². The van der Waals surface area contributed by atoms with Crippen LogP contribution in [0.15, 0.2) is 0 Å². The van der Waals surface area contributed by atoms with Crippen molar-refractivity contribution in [3.05, 3.63) is 0 Å². The van der Waals surface area contributed by atoms with Crippen LogP contribution in [0.1, 0.15) is 52.4 Å². The fourth-order valence-corrected chi connectivity index (χ4v) is 2.56. The number of carboxylic acids is 1. The molecule has 4 amide bonds. The van der Waals surface area contributed by atoms with E-state index in [4.69, 9.17) is 16.6 Å². The quantitative estimate of drug-likeness (QED) is 0.140. The molecule has 0 aliphatic rings. The van der Waals surface area contributed by atoms with Crippen LogP contribution in [-0.4, -0.2) is 70.6 Å². The third-order valence-electron chi connectivity index (χ3n) is 4.19. The molecule has 9 N–H and O–H groups in total. The molecule has 0 aliphatic carbocycles. The summed E-state index contributed by atoms with van der Waals surface area (Å²) in [5.41, 5.74) is 10.4. The lowest BCUT2D eigenvalue weighted by Crippen LogP contribution is -2.57. The van der Waals surface area contributed by atoms with Gasteiger partial charge in [-0.2, -0.15) is 0 Å². The molecule has 1 unspecified atom stereocenters. The maximum atomic E-state index is 12.5. The maximum absolute atomic E-state index is 12.5. The van der Waals surface area contributed by atoms with Crippen molar-refractivity contribution in [2.45, 2.75) is 76.6 Å². The van der Waals surface area contributed by atoms with Gasteiger partial charge in [0.2, 0.25) is 23.6 Å². The number of amides is 4. The molecule has 0 spiro atoms. The fraction of sp³-hybridized carbons (Fsp3) is 0.722. The Kier molecular flexibility index (Phi) is 13.0. The van der Waals surface area contributed by atoms with Crippen LogP contribution in [0.5, 0.6) is 0 Å². The van der Waals surface area contributed by atoms with Crippen molar-refractivity contribution in [1.82, 2.24) is 16.0 Å². The van der Waals surface area contributed by atoms with Crippen LogP contribution in [0.25, 0.3) is 0 Å². The van der Waals surface area contributed by atoms with E-state index >= 15 is 0 Å². The van der Waals surface area contributed by atoms with Gasteiger partial charge in [-0.3, -0.25) is 19.2 Å². The van der Waals surface area contributed by atoms with Crippen molar-refractivity contribution in [2.24, 2.45) is 11.5 Å². The molecule has 0 fully saturated rings. The van der Waals surface area contributed by atoms with Crippen LogP contribution in [0.3, 0.4) is 0 Å². The Morgan fingerprint density at radius 3 is 2.13 bits per heavy atom. The van der Waals surface area contributed by atoms with Crippen LogP contribution < -0.4 is 27.4 Å². The summed E-state index contributed by atoms with van der Waals surface area (Å²) in [4.78, 5) is 58.8. The van der Waals surface area contributed by atoms with E-state index in [2.05, 4.69) is 16.0 Å². The summed E-state index contributed by atoms with van der Waals surface area (Å²) in [5, 5.41) is 26.0. The minimum atomic E-state index is -1.78. The number of primary amides is 1. The second-order valence-corrected chi connectivity index (χ2v) is 6.95. The zero-order valence-electron chi connectivity index (χ0n) is 17.3. The number of nitrogens with two attached hydrogens (primary N) is 2. The number of hydrogen-bond acceptors (Lipinski definition) is 7. The molecule has 0 bridgehead atoms. The van der Waals surface area contributed by atoms with Crippen LogP contribution >= 0.6 is 0 Å². The van der Waals surface area contributed by atoms with E-state index in [1.807, 2.05) is 6.92 Å². The summed E-state index contributed by atoms with van der Waals surface area (Å²) in [6.45, 7) is 3.57. The number of unbranched alkanes of at least 4 members (excludes halogenated alkanes) is 1. The molecule has 12 nitrogen and oxygen atoms in total. The zero-order chi connectivity index (χ0) is 23.3. The first-order valence-corrected chi connectivity index (χ1v) is 9.82. The minimum Gasteiger partial charge on any atom is -0.480 e. The van der Waals surface area contributed by atoms with E-state index in [0.29, 0.717) is 32.2 Å². The smallest absolute Gasteiger partial charge is 0.328 e. The maximum Gasteiger partial charge on any atom is 0.328 e. The molecule has 0 rings (SSSR count). The number of carbonyl (C=O) groups excluding carboxylic acids is 4. The van der Waals surface area contributed by atoms with Gasteiger partial charge in [0, 0.05) is 6.42 Å². The Bertz CT molecular complexity index is 614. The molecular weight excluding hydrogens is 398 g/mol. The van der Waals surface area contributed by atoms with Crippen LogP contribution in [-0.2, 0) is 24.0 Å². The number of nitrogens with one attached hydrogen (secondary N) is 3. The average Bonchev–Trinajstić information content (AvgIpc) is 2.64. The lowest BCUT2D eigenvalue weighted by atomic mass is 10.1. The normalized spacial score (nSPS) is 14.7. The molecule has 0 aromatic carbocycles. The molecule has 4 atom stereocenters. The number of hydrogen-bond donors (Lipinski definition) is 7. The van der Waals surface area contributed by atoms with Crippen molar-refractivity contribution in [3.8, 4) is 0 Å². The number of carboxylic acid groups (broad SMARTS) is 1.